The van der Waals surface area contributed by atoms with E-state index in [0.29, 0.717) is 34.6 Å². The van der Waals surface area contributed by atoms with E-state index in [-0.39, 0.29) is 16.5 Å². The topological polar surface area (TPSA) is 96.0 Å². The average molecular weight is 418 g/mol. The van der Waals surface area contributed by atoms with Crippen molar-refractivity contribution in [2.45, 2.75) is 25.7 Å². The summed E-state index contributed by atoms with van der Waals surface area (Å²) >= 11 is 12.0. The summed E-state index contributed by atoms with van der Waals surface area (Å²) in [4.78, 5) is 8.53. The van der Waals surface area contributed by atoms with Crippen molar-refractivity contribution in [3.05, 3.63) is 39.6 Å². The van der Waals surface area contributed by atoms with E-state index in [4.69, 9.17) is 23.2 Å². The first-order valence-corrected chi connectivity index (χ1v) is 10.3. The Morgan fingerprint density at radius 1 is 0.962 bits per heavy atom. The molecule has 0 aliphatic heterocycles. The third-order valence-corrected chi connectivity index (χ3v) is 5.75. The van der Waals surface area contributed by atoms with Gasteiger partial charge in [-0.3, -0.25) is 0 Å². The molecule has 2 aromatic rings. The third-order valence-electron chi connectivity index (χ3n) is 3.42. The molecule has 10 heteroatoms. The molecular weight excluding hydrogens is 397 g/mol. The van der Waals surface area contributed by atoms with Gasteiger partial charge in [0.1, 0.15) is 22.4 Å². The van der Waals surface area contributed by atoms with Gasteiger partial charge in [0.15, 0.2) is 0 Å². The van der Waals surface area contributed by atoms with Crippen LogP contribution in [0, 0.1) is 13.8 Å². The minimum atomic E-state index is -3.74. The van der Waals surface area contributed by atoms with Crippen molar-refractivity contribution in [2.24, 2.45) is 0 Å². The van der Waals surface area contributed by atoms with Crippen molar-refractivity contribution in [2.75, 3.05) is 30.3 Å². The van der Waals surface area contributed by atoms with Crippen molar-refractivity contribution in [3.63, 3.8) is 0 Å². The summed E-state index contributed by atoms with van der Waals surface area (Å²) in [7, 11) is -3.74. The maximum Gasteiger partial charge on any atom is 0.242 e. The van der Waals surface area contributed by atoms with Crippen LogP contribution in [0.15, 0.2) is 23.1 Å². The molecule has 0 saturated heterocycles. The summed E-state index contributed by atoms with van der Waals surface area (Å²) in [5.41, 5.74) is 0.641. The van der Waals surface area contributed by atoms with Crippen LogP contribution in [-0.4, -0.2) is 38.0 Å². The molecule has 0 atom stereocenters. The second-order valence-corrected chi connectivity index (χ2v) is 8.12. The zero-order valence-corrected chi connectivity index (χ0v) is 17.1. The lowest BCUT2D eigenvalue weighted by Gasteiger charge is -2.12. The fourth-order valence-corrected chi connectivity index (χ4v) is 4.08. The van der Waals surface area contributed by atoms with E-state index in [1.54, 1.807) is 19.9 Å². The minimum Gasteiger partial charge on any atom is -0.370 e. The van der Waals surface area contributed by atoms with Crippen LogP contribution in [-0.2, 0) is 10.0 Å². The molecule has 2 rings (SSSR count). The van der Waals surface area contributed by atoms with Crippen LogP contribution in [0.5, 0.6) is 0 Å². The Labute approximate surface area is 163 Å². The summed E-state index contributed by atoms with van der Waals surface area (Å²) in [5, 5.41) is 6.69. The standard InChI is InChI=1S/C16H21Cl2N5O2S/c1-4-19-15-9-16(23-11(3)22-15)20-5-6-21-26(24,25)14-7-10(2)12(17)8-13(14)18/h7-9,21H,4-6H2,1-3H3,(H2,19,20,22,23). The van der Waals surface area contributed by atoms with E-state index in [1.165, 1.54) is 12.1 Å². The SMILES string of the molecule is CCNc1cc(NCCNS(=O)(=O)c2cc(C)c(Cl)cc2Cl)nc(C)n1. The van der Waals surface area contributed by atoms with E-state index in [9.17, 15) is 8.42 Å². The summed E-state index contributed by atoms with van der Waals surface area (Å²) in [6, 6.07) is 4.65. The van der Waals surface area contributed by atoms with Crippen molar-refractivity contribution in [1.29, 1.82) is 0 Å². The van der Waals surface area contributed by atoms with E-state index < -0.39 is 10.0 Å². The lowest BCUT2D eigenvalue weighted by atomic mass is 10.2. The van der Waals surface area contributed by atoms with Gasteiger partial charge in [0, 0.05) is 30.7 Å². The quantitative estimate of drug-likeness (QED) is 0.570. The molecule has 1 aromatic heterocycles. The molecule has 0 aliphatic carbocycles. The Kier molecular flexibility index (Phi) is 7.05. The van der Waals surface area contributed by atoms with Gasteiger partial charge in [-0.1, -0.05) is 23.2 Å². The molecule has 0 amide bonds. The predicted molar refractivity (Wildman–Crippen MR) is 106 cm³/mol. The first-order valence-electron chi connectivity index (χ1n) is 8.01. The molecule has 0 radical (unpaired) electrons. The van der Waals surface area contributed by atoms with Crippen LogP contribution in [0.3, 0.4) is 0 Å². The molecule has 0 aliphatic rings. The van der Waals surface area contributed by atoms with Gasteiger partial charge in [0.25, 0.3) is 0 Å². The monoisotopic (exact) mass is 417 g/mol. The van der Waals surface area contributed by atoms with E-state index in [2.05, 4.69) is 25.3 Å². The Bertz CT molecular complexity index is 890. The van der Waals surface area contributed by atoms with Crippen LogP contribution in [0.25, 0.3) is 0 Å². The van der Waals surface area contributed by atoms with Gasteiger partial charge in [0.05, 0.1) is 5.02 Å². The highest BCUT2D eigenvalue weighted by atomic mass is 35.5. The summed E-state index contributed by atoms with van der Waals surface area (Å²) in [5.74, 6) is 1.95. The third kappa shape index (κ3) is 5.44. The van der Waals surface area contributed by atoms with Crippen LogP contribution in [0.4, 0.5) is 11.6 Å². The molecule has 1 heterocycles. The number of hydrogen-bond donors (Lipinski definition) is 3. The maximum absolute atomic E-state index is 12.4. The number of sulfonamides is 1. The number of halogens is 2. The highest BCUT2D eigenvalue weighted by molar-refractivity contribution is 7.89. The first kappa shape index (κ1) is 20.7. The number of nitrogens with zero attached hydrogens (tertiary/aromatic N) is 2. The van der Waals surface area contributed by atoms with Gasteiger partial charge >= 0.3 is 0 Å². The molecule has 0 unspecified atom stereocenters. The van der Waals surface area contributed by atoms with Gasteiger partial charge < -0.3 is 10.6 Å². The van der Waals surface area contributed by atoms with E-state index >= 15 is 0 Å². The fraction of sp³-hybridized carbons (Fsp3) is 0.375. The second kappa shape index (κ2) is 8.85. The highest BCUT2D eigenvalue weighted by Crippen LogP contribution is 2.27. The highest BCUT2D eigenvalue weighted by Gasteiger charge is 2.18. The smallest absolute Gasteiger partial charge is 0.242 e. The van der Waals surface area contributed by atoms with Crippen molar-refractivity contribution < 1.29 is 8.42 Å². The average Bonchev–Trinajstić information content (AvgIpc) is 2.55. The molecule has 0 bridgehead atoms. The number of aryl methyl sites for hydroxylation is 2. The normalized spacial score (nSPS) is 11.4. The van der Waals surface area contributed by atoms with E-state index in [1.807, 2.05) is 6.92 Å². The summed E-state index contributed by atoms with van der Waals surface area (Å²) in [6.45, 7) is 6.75. The minimum absolute atomic E-state index is 0.00776. The van der Waals surface area contributed by atoms with Crippen molar-refractivity contribution in [3.8, 4) is 0 Å². The molecular formula is C16H21Cl2N5O2S. The molecule has 0 fully saturated rings. The number of hydrogen-bond acceptors (Lipinski definition) is 6. The zero-order valence-electron chi connectivity index (χ0n) is 14.7. The molecule has 0 saturated carbocycles. The second-order valence-electron chi connectivity index (χ2n) is 5.57. The zero-order chi connectivity index (χ0) is 19.3. The molecule has 0 spiro atoms. The Balaban J connectivity index is 1.98. The largest absolute Gasteiger partial charge is 0.370 e. The number of nitrogens with one attached hydrogen (secondary N) is 3. The summed E-state index contributed by atoms with van der Waals surface area (Å²) < 4.78 is 27.3. The number of benzene rings is 1. The molecule has 1 aromatic carbocycles. The molecule has 142 valence electrons. The predicted octanol–water partition coefficient (Wildman–Crippen LogP) is 3.22. The van der Waals surface area contributed by atoms with Crippen LogP contribution < -0.4 is 15.4 Å². The van der Waals surface area contributed by atoms with E-state index in [0.717, 1.165) is 6.54 Å². The van der Waals surface area contributed by atoms with Crippen LogP contribution >= 0.6 is 23.2 Å². The summed E-state index contributed by atoms with van der Waals surface area (Å²) in [6.07, 6.45) is 0. The molecule has 3 N–H and O–H groups in total. The number of rotatable bonds is 8. The van der Waals surface area contributed by atoms with Gasteiger partial charge in [0.2, 0.25) is 10.0 Å². The van der Waals surface area contributed by atoms with Gasteiger partial charge in [-0.2, -0.15) is 0 Å². The van der Waals surface area contributed by atoms with Crippen molar-refractivity contribution >= 4 is 44.9 Å². The fourth-order valence-electron chi connectivity index (χ4n) is 2.22. The van der Waals surface area contributed by atoms with Crippen LogP contribution in [0.2, 0.25) is 10.0 Å². The first-order chi connectivity index (χ1) is 12.2. The Morgan fingerprint density at radius 2 is 1.62 bits per heavy atom. The molecule has 7 nitrogen and oxygen atoms in total. The van der Waals surface area contributed by atoms with Crippen LogP contribution in [0.1, 0.15) is 18.3 Å². The lowest BCUT2D eigenvalue weighted by Crippen LogP contribution is -2.29. The number of anilines is 2. The number of aromatic nitrogens is 2. The molecule has 26 heavy (non-hydrogen) atoms. The maximum atomic E-state index is 12.4. The van der Waals surface area contributed by atoms with Crippen molar-refractivity contribution in [1.82, 2.24) is 14.7 Å². The van der Waals surface area contributed by atoms with Gasteiger partial charge in [-0.15, -0.1) is 0 Å². The lowest BCUT2D eigenvalue weighted by molar-refractivity contribution is 0.583. The Hall–Kier alpha value is -1.61. The van der Waals surface area contributed by atoms with Gasteiger partial charge in [-0.25, -0.2) is 23.1 Å². The van der Waals surface area contributed by atoms with Gasteiger partial charge in [-0.05, 0) is 38.5 Å². The Morgan fingerprint density at radius 3 is 2.27 bits per heavy atom.